The standard InChI is InChI=1S/C31H25ClF6N2O2/c1-20-24(14-9-15-25(20)30(33,34)35)28(18-21-10-5-3-6-11-21,26-17-16-23(32)19-39-26)40-27(41)29(42-2,31(36,37)38)22-12-7-4-8-13-22/h3-17,19H,18H2,1-2H3,(H,40,41)/t28-,29-/m0/s1. The lowest BCUT2D eigenvalue weighted by Gasteiger charge is -2.41. The van der Waals surface area contributed by atoms with E-state index in [0.29, 0.717) is 5.56 Å². The Bertz CT molecular complexity index is 1530. The van der Waals surface area contributed by atoms with E-state index in [1.165, 1.54) is 49.5 Å². The lowest BCUT2D eigenvalue weighted by atomic mass is 9.76. The highest BCUT2D eigenvalue weighted by Crippen LogP contribution is 2.45. The molecule has 1 amide bonds. The van der Waals surface area contributed by atoms with Gasteiger partial charge < -0.3 is 10.1 Å². The summed E-state index contributed by atoms with van der Waals surface area (Å²) < 4.78 is 92.0. The third-order valence-corrected chi connectivity index (χ3v) is 7.33. The van der Waals surface area contributed by atoms with E-state index in [1.54, 1.807) is 30.3 Å². The summed E-state index contributed by atoms with van der Waals surface area (Å²) >= 11 is 6.06. The van der Waals surface area contributed by atoms with Crippen molar-refractivity contribution in [2.24, 2.45) is 0 Å². The third kappa shape index (κ3) is 5.73. The van der Waals surface area contributed by atoms with Crippen molar-refractivity contribution >= 4 is 17.5 Å². The number of amides is 1. The summed E-state index contributed by atoms with van der Waals surface area (Å²) in [7, 11) is 0.745. The first-order valence-corrected chi connectivity index (χ1v) is 13.0. The zero-order valence-electron chi connectivity index (χ0n) is 22.4. The number of carbonyl (C=O) groups is 1. The Morgan fingerprint density at radius 3 is 1.95 bits per heavy atom. The van der Waals surface area contributed by atoms with Crippen LogP contribution in [0.4, 0.5) is 26.3 Å². The number of pyridine rings is 1. The summed E-state index contributed by atoms with van der Waals surface area (Å²) in [6.45, 7) is 1.20. The maximum absolute atomic E-state index is 14.9. The van der Waals surface area contributed by atoms with E-state index >= 15 is 0 Å². The van der Waals surface area contributed by atoms with Crippen molar-refractivity contribution < 1.29 is 35.9 Å². The second-order valence-corrected chi connectivity index (χ2v) is 10.0. The molecular formula is C31H25ClF6N2O2. The topological polar surface area (TPSA) is 51.2 Å². The maximum atomic E-state index is 14.9. The summed E-state index contributed by atoms with van der Waals surface area (Å²) in [5.74, 6) is -1.65. The van der Waals surface area contributed by atoms with E-state index in [9.17, 15) is 31.1 Å². The van der Waals surface area contributed by atoms with Crippen LogP contribution in [-0.2, 0) is 33.3 Å². The molecule has 0 spiro atoms. The van der Waals surface area contributed by atoms with Crippen molar-refractivity contribution in [1.82, 2.24) is 10.3 Å². The van der Waals surface area contributed by atoms with Crippen LogP contribution >= 0.6 is 11.6 Å². The van der Waals surface area contributed by atoms with Gasteiger partial charge in [-0.15, -0.1) is 0 Å². The number of methoxy groups -OCH3 is 1. The zero-order chi connectivity index (χ0) is 30.8. The van der Waals surface area contributed by atoms with Crippen LogP contribution in [0.1, 0.15) is 33.5 Å². The summed E-state index contributed by atoms with van der Waals surface area (Å²) in [6.07, 6.45) is -9.12. The normalized spacial score (nSPS) is 15.0. The molecule has 0 aliphatic rings. The van der Waals surface area contributed by atoms with E-state index in [-0.39, 0.29) is 28.3 Å². The molecule has 220 valence electrons. The molecule has 1 aromatic heterocycles. The predicted octanol–water partition coefficient (Wildman–Crippen LogP) is 7.77. The molecule has 2 atom stereocenters. The minimum Gasteiger partial charge on any atom is -0.356 e. The van der Waals surface area contributed by atoms with Crippen LogP contribution in [0.25, 0.3) is 0 Å². The van der Waals surface area contributed by atoms with Crippen LogP contribution in [0.15, 0.2) is 97.2 Å². The zero-order valence-corrected chi connectivity index (χ0v) is 23.1. The number of carbonyl (C=O) groups excluding carboxylic acids is 1. The molecule has 0 saturated carbocycles. The van der Waals surface area contributed by atoms with Crippen LogP contribution in [0.3, 0.4) is 0 Å². The van der Waals surface area contributed by atoms with Crippen molar-refractivity contribution in [2.75, 3.05) is 7.11 Å². The summed E-state index contributed by atoms with van der Waals surface area (Å²) in [6, 6.07) is 20.7. The molecule has 0 unspecified atom stereocenters. The summed E-state index contributed by atoms with van der Waals surface area (Å²) in [5, 5.41) is 2.66. The van der Waals surface area contributed by atoms with Gasteiger partial charge in [0.25, 0.3) is 11.5 Å². The SMILES string of the molecule is CO[C@](C(=O)N[C@](Cc1ccccc1)(c1ccc(Cl)cn1)c1cccc(C(F)(F)F)c1C)(c1ccccc1)C(F)(F)F. The van der Waals surface area contributed by atoms with Crippen LogP contribution in [0, 0.1) is 6.92 Å². The van der Waals surface area contributed by atoms with Gasteiger partial charge in [-0.1, -0.05) is 84.4 Å². The van der Waals surface area contributed by atoms with Gasteiger partial charge in [0.1, 0.15) is 5.54 Å². The fraction of sp³-hybridized carbons (Fsp3) is 0.226. The number of benzene rings is 3. The van der Waals surface area contributed by atoms with E-state index in [0.717, 1.165) is 31.4 Å². The molecule has 11 heteroatoms. The Hall–Kier alpha value is -3.89. The first kappa shape index (κ1) is 31.1. The first-order chi connectivity index (χ1) is 19.8. The molecule has 4 rings (SSSR count). The molecule has 1 heterocycles. The highest BCUT2D eigenvalue weighted by Gasteiger charge is 2.64. The van der Waals surface area contributed by atoms with Crippen LogP contribution < -0.4 is 5.32 Å². The second kappa shape index (κ2) is 11.8. The molecule has 0 fully saturated rings. The molecule has 3 aromatic carbocycles. The molecule has 4 nitrogen and oxygen atoms in total. The number of halogens is 7. The van der Waals surface area contributed by atoms with Gasteiger partial charge in [0.05, 0.1) is 16.3 Å². The molecule has 0 radical (unpaired) electrons. The number of hydrogen-bond acceptors (Lipinski definition) is 3. The van der Waals surface area contributed by atoms with E-state index in [4.69, 9.17) is 16.3 Å². The van der Waals surface area contributed by atoms with Gasteiger partial charge >= 0.3 is 12.4 Å². The third-order valence-electron chi connectivity index (χ3n) is 7.11. The fourth-order valence-corrected chi connectivity index (χ4v) is 5.25. The van der Waals surface area contributed by atoms with Crippen molar-refractivity contribution in [3.63, 3.8) is 0 Å². The minimum absolute atomic E-state index is 0.0354. The fourth-order valence-electron chi connectivity index (χ4n) is 5.14. The monoisotopic (exact) mass is 606 g/mol. The van der Waals surface area contributed by atoms with Gasteiger partial charge in [-0.25, -0.2) is 0 Å². The van der Waals surface area contributed by atoms with E-state index in [1.807, 2.05) is 0 Å². The minimum atomic E-state index is -5.28. The number of aromatic nitrogens is 1. The first-order valence-electron chi connectivity index (χ1n) is 12.6. The lowest BCUT2D eigenvalue weighted by molar-refractivity contribution is -0.266. The van der Waals surface area contributed by atoms with Gasteiger partial charge in [0.2, 0.25) is 0 Å². The van der Waals surface area contributed by atoms with Crippen LogP contribution in [-0.4, -0.2) is 24.2 Å². The molecule has 4 aromatic rings. The highest BCUT2D eigenvalue weighted by molar-refractivity contribution is 6.30. The van der Waals surface area contributed by atoms with Crippen molar-refractivity contribution in [2.45, 2.75) is 36.8 Å². The maximum Gasteiger partial charge on any atom is 0.430 e. The van der Waals surface area contributed by atoms with Gasteiger partial charge in [-0.05, 0) is 41.8 Å². The van der Waals surface area contributed by atoms with Gasteiger partial charge in [0.15, 0.2) is 0 Å². The van der Waals surface area contributed by atoms with Gasteiger partial charge in [-0.3, -0.25) is 9.78 Å². The number of nitrogens with one attached hydrogen (secondary N) is 1. The largest absolute Gasteiger partial charge is 0.430 e. The smallest absolute Gasteiger partial charge is 0.356 e. The average Bonchev–Trinajstić information content (AvgIpc) is 2.93. The molecule has 42 heavy (non-hydrogen) atoms. The molecule has 0 aliphatic heterocycles. The van der Waals surface area contributed by atoms with Gasteiger partial charge in [-0.2, -0.15) is 26.3 Å². The number of hydrogen-bond donors (Lipinski definition) is 1. The molecule has 0 aliphatic carbocycles. The molecule has 0 bridgehead atoms. The number of ether oxygens (including phenoxy) is 1. The Morgan fingerprint density at radius 2 is 1.43 bits per heavy atom. The van der Waals surface area contributed by atoms with Crippen LogP contribution in [0.2, 0.25) is 5.02 Å². The van der Waals surface area contributed by atoms with E-state index < -0.39 is 40.5 Å². The Balaban J connectivity index is 2.07. The van der Waals surface area contributed by atoms with Gasteiger partial charge in [0, 0.05) is 25.3 Å². The quantitative estimate of drug-likeness (QED) is 0.209. The van der Waals surface area contributed by atoms with Crippen LogP contribution in [0.5, 0.6) is 0 Å². The highest BCUT2D eigenvalue weighted by atomic mass is 35.5. The Morgan fingerprint density at radius 1 is 0.833 bits per heavy atom. The predicted molar refractivity (Wildman–Crippen MR) is 146 cm³/mol. The average molecular weight is 607 g/mol. The van der Waals surface area contributed by atoms with Crippen molar-refractivity contribution in [1.29, 1.82) is 0 Å². The Labute approximate surface area is 243 Å². The summed E-state index contributed by atoms with van der Waals surface area (Å²) in [5.41, 5.74) is -7.03. The van der Waals surface area contributed by atoms with E-state index in [2.05, 4.69) is 10.3 Å². The molecule has 1 N–H and O–H groups in total. The second-order valence-electron chi connectivity index (χ2n) is 9.61. The number of alkyl halides is 6. The number of rotatable bonds is 8. The molecular weight excluding hydrogens is 582 g/mol. The Kier molecular flexibility index (Phi) is 8.71. The summed E-state index contributed by atoms with van der Waals surface area (Å²) in [4.78, 5) is 18.4. The van der Waals surface area contributed by atoms with Crippen molar-refractivity contribution in [3.05, 3.63) is 136 Å². The molecule has 0 saturated heterocycles. The number of nitrogens with zero attached hydrogens (tertiary/aromatic N) is 1. The van der Waals surface area contributed by atoms with Crippen molar-refractivity contribution in [3.8, 4) is 0 Å². The lowest BCUT2D eigenvalue weighted by Crippen LogP contribution is -2.61.